The summed E-state index contributed by atoms with van der Waals surface area (Å²) in [7, 11) is 0. The average molecular weight is 381 g/mol. The molecule has 0 radical (unpaired) electrons. The molecule has 146 valence electrons. The summed E-state index contributed by atoms with van der Waals surface area (Å²) in [6, 6.07) is 8.14. The number of amides is 1. The third-order valence-corrected chi connectivity index (χ3v) is 6.54. The first-order valence-electron chi connectivity index (χ1n) is 9.23. The van der Waals surface area contributed by atoms with Crippen molar-refractivity contribution in [3.63, 3.8) is 0 Å². The number of carbonyl (C=O) groups is 1. The van der Waals surface area contributed by atoms with Crippen LogP contribution in [-0.2, 0) is 9.63 Å². The maximum atomic E-state index is 11.4. The van der Waals surface area contributed by atoms with Gasteiger partial charge in [0, 0.05) is 30.7 Å². The fraction of sp³-hybridized carbons (Fsp3) is 0.650. The molecule has 0 aliphatic carbocycles. The molecule has 2 N–H and O–H groups in total. The van der Waals surface area contributed by atoms with Gasteiger partial charge in [0.05, 0.1) is 11.3 Å². The van der Waals surface area contributed by atoms with Crippen LogP contribution in [0.15, 0.2) is 29.2 Å². The van der Waals surface area contributed by atoms with Crippen LogP contribution in [0.2, 0.25) is 0 Å². The highest BCUT2D eigenvalue weighted by molar-refractivity contribution is 7.99. The van der Waals surface area contributed by atoms with Crippen LogP contribution in [0.3, 0.4) is 0 Å². The highest BCUT2D eigenvalue weighted by atomic mass is 32.2. The van der Waals surface area contributed by atoms with Crippen LogP contribution in [0, 0.1) is 5.92 Å². The number of hydrogen-bond donors (Lipinski definition) is 2. The first-order chi connectivity index (χ1) is 12.1. The largest absolute Gasteiger partial charge is 0.387 e. The predicted molar refractivity (Wildman–Crippen MR) is 107 cm³/mol. The van der Waals surface area contributed by atoms with E-state index in [0.29, 0.717) is 5.92 Å². The lowest BCUT2D eigenvalue weighted by Gasteiger charge is -2.36. The summed E-state index contributed by atoms with van der Waals surface area (Å²) < 4.78 is 0. The van der Waals surface area contributed by atoms with Crippen molar-refractivity contribution in [2.75, 3.05) is 24.3 Å². The molecule has 0 atom stereocenters. The van der Waals surface area contributed by atoms with E-state index in [-0.39, 0.29) is 5.91 Å². The van der Waals surface area contributed by atoms with Gasteiger partial charge in [0.1, 0.15) is 5.60 Å². The minimum atomic E-state index is -0.951. The summed E-state index contributed by atoms with van der Waals surface area (Å²) >= 11 is 1.86. The van der Waals surface area contributed by atoms with E-state index in [1.807, 2.05) is 42.6 Å². The smallest absolute Gasteiger partial charge is 0.219 e. The molecule has 1 aromatic carbocycles. The van der Waals surface area contributed by atoms with Crippen molar-refractivity contribution in [2.45, 2.75) is 63.6 Å². The Balaban J connectivity index is 1.77. The number of nitrogens with one attached hydrogen (secondary N) is 1. The number of anilines is 1. The summed E-state index contributed by atoms with van der Waals surface area (Å²) in [5.74, 6) is 1.94. The van der Waals surface area contributed by atoms with Gasteiger partial charge in [0.2, 0.25) is 5.91 Å². The van der Waals surface area contributed by atoms with Crippen LogP contribution in [0.1, 0.15) is 47.5 Å². The lowest BCUT2D eigenvalue weighted by atomic mass is 9.90. The molecule has 5 nitrogen and oxygen atoms in total. The van der Waals surface area contributed by atoms with E-state index in [1.54, 1.807) is 20.8 Å². The molecule has 1 heterocycles. The van der Waals surface area contributed by atoms with Crippen molar-refractivity contribution in [3.05, 3.63) is 24.3 Å². The van der Waals surface area contributed by atoms with E-state index in [4.69, 9.17) is 4.84 Å². The molecule has 1 saturated heterocycles. The molecule has 2 rings (SSSR count). The second kappa shape index (κ2) is 8.63. The van der Waals surface area contributed by atoms with Gasteiger partial charge in [-0.2, -0.15) is 0 Å². The minimum Gasteiger partial charge on any atom is -0.387 e. The van der Waals surface area contributed by atoms with Crippen LogP contribution in [-0.4, -0.2) is 46.0 Å². The number of piperidine rings is 1. The van der Waals surface area contributed by atoms with Crippen molar-refractivity contribution < 1.29 is 14.7 Å². The van der Waals surface area contributed by atoms with Crippen LogP contribution < -0.4 is 5.48 Å². The molecule has 1 fully saturated rings. The van der Waals surface area contributed by atoms with Gasteiger partial charge in [-0.25, -0.2) is 0 Å². The van der Waals surface area contributed by atoms with Crippen LogP contribution in [0.4, 0.5) is 5.69 Å². The zero-order valence-corrected chi connectivity index (χ0v) is 17.4. The number of carbonyl (C=O) groups excluding carboxylic acids is 1. The Hall–Kier alpha value is -1.24. The third-order valence-electron chi connectivity index (χ3n) is 5.30. The monoisotopic (exact) mass is 380 g/mol. The second-order valence-corrected chi connectivity index (χ2v) is 9.15. The van der Waals surface area contributed by atoms with E-state index in [9.17, 15) is 9.90 Å². The quantitative estimate of drug-likeness (QED) is 0.554. The first-order valence-corrected chi connectivity index (χ1v) is 10.2. The maximum Gasteiger partial charge on any atom is 0.219 e. The Morgan fingerprint density at radius 3 is 2.31 bits per heavy atom. The number of benzene rings is 1. The first kappa shape index (κ1) is 21.1. The van der Waals surface area contributed by atoms with E-state index in [1.165, 1.54) is 4.90 Å². The van der Waals surface area contributed by atoms with Gasteiger partial charge < -0.3 is 10.0 Å². The Labute approximate surface area is 161 Å². The Bertz CT molecular complexity index is 588. The number of nitrogens with zero attached hydrogens (tertiary/aromatic N) is 1. The molecule has 0 bridgehead atoms. The van der Waals surface area contributed by atoms with Gasteiger partial charge in [-0.15, -0.1) is 11.8 Å². The van der Waals surface area contributed by atoms with E-state index in [0.717, 1.165) is 37.4 Å². The van der Waals surface area contributed by atoms with Gasteiger partial charge >= 0.3 is 0 Å². The molecule has 1 aliphatic rings. The zero-order valence-electron chi connectivity index (χ0n) is 16.5. The molecule has 1 aromatic rings. The normalized spacial score (nSPS) is 16.6. The highest BCUT2D eigenvalue weighted by Crippen LogP contribution is 2.29. The second-order valence-electron chi connectivity index (χ2n) is 8.06. The molecule has 1 amide bonds. The van der Waals surface area contributed by atoms with Gasteiger partial charge in [0.25, 0.3) is 0 Å². The standard InChI is InChI=1S/C20H32N2O3S/c1-15(23)22-12-10-16(11-13-22)14-26-18-8-6-17(7-9-18)21-25-20(4,5)19(2,3)24/h6-9,16,21,24H,10-14H2,1-5H3. The Morgan fingerprint density at radius 1 is 1.23 bits per heavy atom. The van der Waals surface area contributed by atoms with Crippen molar-refractivity contribution in [1.29, 1.82) is 0 Å². The summed E-state index contributed by atoms with van der Waals surface area (Å²) in [4.78, 5) is 20.2. The molecular weight excluding hydrogens is 348 g/mol. The molecule has 0 aromatic heterocycles. The van der Waals surface area contributed by atoms with Gasteiger partial charge in [-0.05, 0) is 70.7 Å². The number of rotatable bonds is 7. The van der Waals surface area contributed by atoms with Crippen LogP contribution in [0.25, 0.3) is 0 Å². The SMILES string of the molecule is CC(=O)N1CCC(CSc2ccc(NOC(C)(C)C(C)(C)O)cc2)CC1. The average Bonchev–Trinajstić information content (AvgIpc) is 2.58. The lowest BCUT2D eigenvalue weighted by Crippen LogP contribution is -2.48. The molecule has 0 spiro atoms. The fourth-order valence-corrected chi connectivity index (χ4v) is 3.65. The Morgan fingerprint density at radius 2 is 1.81 bits per heavy atom. The lowest BCUT2D eigenvalue weighted by molar-refractivity contribution is -0.130. The number of thioether (sulfide) groups is 1. The van der Waals surface area contributed by atoms with Crippen LogP contribution >= 0.6 is 11.8 Å². The van der Waals surface area contributed by atoms with E-state index >= 15 is 0 Å². The number of aliphatic hydroxyl groups is 1. The summed E-state index contributed by atoms with van der Waals surface area (Å²) in [5.41, 5.74) is 2.13. The topological polar surface area (TPSA) is 61.8 Å². The highest BCUT2D eigenvalue weighted by Gasteiger charge is 2.37. The summed E-state index contributed by atoms with van der Waals surface area (Å²) in [6.45, 7) is 10.6. The summed E-state index contributed by atoms with van der Waals surface area (Å²) in [6.07, 6.45) is 2.18. The maximum absolute atomic E-state index is 11.4. The van der Waals surface area contributed by atoms with E-state index < -0.39 is 11.2 Å². The van der Waals surface area contributed by atoms with Crippen molar-refractivity contribution in [2.24, 2.45) is 5.92 Å². The molecule has 6 heteroatoms. The molecule has 1 aliphatic heterocycles. The Kier molecular flexibility index (Phi) is 6.99. The van der Waals surface area contributed by atoms with Crippen LogP contribution in [0.5, 0.6) is 0 Å². The number of hydrogen-bond acceptors (Lipinski definition) is 5. The summed E-state index contributed by atoms with van der Waals surface area (Å²) in [5, 5.41) is 10.1. The van der Waals surface area contributed by atoms with Gasteiger partial charge in [-0.3, -0.25) is 15.1 Å². The van der Waals surface area contributed by atoms with Crippen molar-refractivity contribution in [1.82, 2.24) is 4.90 Å². The predicted octanol–water partition coefficient (Wildman–Crippen LogP) is 3.93. The minimum absolute atomic E-state index is 0.189. The molecule has 26 heavy (non-hydrogen) atoms. The van der Waals surface area contributed by atoms with Crippen molar-refractivity contribution in [3.8, 4) is 0 Å². The zero-order chi connectivity index (χ0) is 19.4. The fourth-order valence-electron chi connectivity index (χ4n) is 2.56. The molecule has 0 unspecified atom stereocenters. The number of likely N-dealkylation sites (tertiary alicyclic amines) is 1. The molecular formula is C20H32N2O3S. The third kappa shape index (κ3) is 5.89. The van der Waals surface area contributed by atoms with Crippen molar-refractivity contribution >= 4 is 23.4 Å². The van der Waals surface area contributed by atoms with Gasteiger partial charge in [-0.1, -0.05) is 0 Å². The molecule has 0 saturated carbocycles. The van der Waals surface area contributed by atoms with Gasteiger partial charge in [0.15, 0.2) is 0 Å². The van der Waals surface area contributed by atoms with E-state index in [2.05, 4.69) is 17.6 Å².